The molecule has 0 spiro atoms. The topological polar surface area (TPSA) is 15.3 Å². The number of hydrogen-bond acceptors (Lipinski definition) is 2. The summed E-state index contributed by atoms with van der Waals surface area (Å²) >= 11 is 0. The van der Waals surface area contributed by atoms with Crippen molar-refractivity contribution in [1.82, 2.24) is 10.2 Å². The van der Waals surface area contributed by atoms with Crippen LogP contribution < -0.4 is 5.32 Å². The van der Waals surface area contributed by atoms with E-state index in [0.29, 0.717) is 0 Å². The highest BCUT2D eigenvalue weighted by atomic mass is 15.2. The third-order valence-electron chi connectivity index (χ3n) is 5.59. The van der Waals surface area contributed by atoms with E-state index in [-0.39, 0.29) is 0 Å². The van der Waals surface area contributed by atoms with Gasteiger partial charge in [-0.1, -0.05) is 20.8 Å². The van der Waals surface area contributed by atoms with Gasteiger partial charge in [-0.2, -0.15) is 0 Å². The summed E-state index contributed by atoms with van der Waals surface area (Å²) in [5, 5.41) is 3.76. The summed E-state index contributed by atoms with van der Waals surface area (Å²) in [6.45, 7) is 13.3. The number of likely N-dealkylation sites (tertiary alicyclic amines) is 1. The zero-order valence-electron chi connectivity index (χ0n) is 13.5. The van der Waals surface area contributed by atoms with E-state index in [4.69, 9.17) is 0 Å². The van der Waals surface area contributed by atoms with E-state index in [1.807, 2.05) is 0 Å². The van der Waals surface area contributed by atoms with E-state index in [9.17, 15) is 0 Å². The van der Waals surface area contributed by atoms with Crippen LogP contribution in [0.2, 0.25) is 0 Å². The minimum absolute atomic E-state index is 0.771. The molecule has 2 heteroatoms. The molecular weight excluding hydrogens is 232 g/mol. The Bertz CT molecular complexity index is 264. The van der Waals surface area contributed by atoms with Crippen molar-refractivity contribution in [1.29, 1.82) is 0 Å². The molecule has 2 aliphatic rings. The Morgan fingerprint density at radius 2 is 2.00 bits per heavy atom. The predicted octanol–water partition coefficient (Wildman–Crippen LogP) is 3.52. The summed E-state index contributed by atoms with van der Waals surface area (Å²) in [5.74, 6) is 2.69. The second-order valence-electron chi connectivity index (χ2n) is 7.23. The van der Waals surface area contributed by atoms with Gasteiger partial charge in [-0.15, -0.1) is 0 Å². The van der Waals surface area contributed by atoms with Crippen molar-refractivity contribution >= 4 is 0 Å². The molecule has 2 nitrogen and oxygen atoms in total. The molecule has 1 aliphatic heterocycles. The highest BCUT2D eigenvalue weighted by molar-refractivity contribution is 4.89. The van der Waals surface area contributed by atoms with Crippen LogP contribution >= 0.6 is 0 Å². The molecule has 0 bridgehead atoms. The fourth-order valence-electron chi connectivity index (χ4n) is 4.20. The second kappa shape index (κ2) is 7.08. The van der Waals surface area contributed by atoms with Crippen molar-refractivity contribution < 1.29 is 0 Å². The minimum atomic E-state index is 0.771. The first-order chi connectivity index (χ1) is 9.11. The fraction of sp³-hybridized carbons (Fsp3) is 1.00. The zero-order chi connectivity index (χ0) is 13.8. The van der Waals surface area contributed by atoms with Crippen LogP contribution in [0.5, 0.6) is 0 Å². The number of rotatable bonds is 5. The van der Waals surface area contributed by atoms with Crippen molar-refractivity contribution in [2.75, 3.05) is 19.6 Å². The third-order valence-corrected chi connectivity index (χ3v) is 5.59. The van der Waals surface area contributed by atoms with Gasteiger partial charge in [0.05, 0.1) is 0 Å². The molecule has 1 saturated carbocycles. The Kier molecular flexibility index (Phi) is 5.70. The van der Waals surface area contributed by atoms with Gasteiger partial charge in [0.1, 0.15) is 0 Å². The van der Waals surface area contributed by atoms with Crippen molar-refractivity contribution in [3.8, 4) is 0 Å². The molecule has 4 unspecified atom stereocenters. The average Bonchev–Trinajstić information content (AvgIpc) is 2.77. The zero-order valence-corrected chi connectivity index (χ0v) is 13.5. The van der Waals surface area contributed by atoms with E-state index in [0.717, 1.165) is 36.4 Å². The molecular formula is C17H34N2. The van der Waals surface area contributed by atoms with Gasteiger partial charge in [-0.3, -0.25) is 0 Å². The lowest BCUT2D eigenvalue weighted by Gasteiger charge is -2.40. The maximum atomic E-state index is 3.76. The van der Waals surface area contributed by atoms with Gasteiger partial charge in [0.2, 0.25) is 0 Å². The first-order valence-corrected chi connectivity index (χ1v) is 8.59. The summed E-state index contributed by atoms with van der Waals surface area (Å²) < 4.78 is 0. The summed E-state index contributed by atoms with van der Waals surface area (Å²) in [6, 6.07) is 1.59. The van der Waals surface area contributed by atoms with Crippen LogP contribution in [0.3, 0.4) is 0 Å². The molecule has 0 radical (unpaired) electrons. The van der Waals surface area contributed by atoms with Crippen molar-refractivity contribution in [3.05, 3.63) is 0 Å². The molecule has 1 heterocycles. The SMILES string of the molecule is CCNC1CCC(C(C)C)CC1CN1CCCC1C. The first kappa shape index (κ1) is 15.3. The van der Waals surface area contributed by atoms with Gasteiger partial charge in [0.25, 0.3) is 0 Å². The number of hydrogen-bond donors (Lipinski definition) is 1. The Morgan fingerprint density at radius 1 is 1.21 bits per heavy atom. The largest absolute Gasteiger partial charge is 0.314 e. The van der Waals surface area contributed by atoms with Crippen molar-refractivity contribution in [2.45, 2.75) is 71.9 Å². The van der Waals surface area contributed by atoms with Crippen LogP contribution in [0.15, 0.2) is 0 Å². The molecule has 4 atom stereocenters. The molecule has 19 heavy (non-hydrogen) atoms. The maximum absolute atomic E-state index is 3.76. The van der Waals surface area contributed by atoms with E-state index in [2.05, 4.69) is 37.9 Å². The monoisotopic (exact) mass is 266 g/mol. The Labute approximate surface area is 120 Å². The number of nitrogens with zero attached hydrogens (tertiary/aromatic N) is 1. The molecule has 0 amide bonds. The number of nitrogens with one attached hydrogen (secondary N) is 1. The molecule has 2 rings (SSSR count). The van der Waals surface area contributed by atoms with Crippen molar-refractivity contribution in [3.63, 3.8) is 0 Å². The molecule has 1 aliphatic carbocycles. The third kappa shape index (κ3) is 3.95. The predicted molar refractivity (Wildman–Crippen MR) is 83.4 cm³/mol. The summed E-state index contributed by atoms with van der Waals surface area (Å²) in [7, 11) is 0. The van der Waals surface area contributed by atoms with Crippen LogP contribution in [0.1, 0.15) is 59.8 Å². The highest BCUT2D eigenvalue weighted by Gasteiger charge is 2.34. The Morgan fingerprint density at radius 3 is 2.58 bits per heavy atom. The van der Waals surface area contributed by atoms with E-state index < -0.39 is 0 Å². The second-order valence-corrected chi connectivity index (χ2v) is 7.23. The van der Waals surface area contributed by atoms with Crippen LogP contribution in [0.25, 0.3) is 0 Å². The highest BCUT2D eigenvalue weighted by Crippen LogP contribution is 2.35. The lowest BCUT2D eigenvalue weighted by atomic mass is 9.73. The summed E-state index contributed by atoms with van der Waals surface area (Å²) in [4.78, 5) is 2.75. The molecule has 1 saturated heterocycles. The normalized spacial score (nSPS) is 37.1. The van der Waals surface area contributed by atoms with Gasteiger partial charge < -0.3 is 10.2 Å². The van der Waals surface area contributed by atoms with Gasteiger partial charge in [0, 0.05) is 18.6 Å². The minimum Gasteiger partial charge on any atom is -0.314 e. The quantitative estimate of drug-likeness (QED) is 0.819. The summed E-state index contributed by atoms with van der Waals surface area (Å²) in [6.07, 6.45) is 7.09. The van der Waals surface area contributed by atoms with Gasteiger partial charge >= 0.3 is 0 Å². The molecule has 1 N–H and O–H groups in total. The molecule has 0 aromatic carbocycles. The van der Waals surface area contributed by atoms with Crippen molar-refractivity contribution in [2.24, 2.45) is 17.8 Å². The fourth-order valence-corrected chi connectivity index (χ4v) is 4.20. The maximum Gasteiger partial charge on any atom is 0.0108 e. The van der Waals surface area contributed by atoms with Crippen LogP contribution in [-0.4, -0.2) is 36.6 Å². The molecule has 0 aromatic rings. The Balaban J connectivity index is 1.94. The van der Waals surface area contributed by atoms with Crippen LogP contribution in [0.4, 0.5) is 0 Å². The lowest BCUT2D eigenvalue weighted by molar-refractivity contribution is 0.119. The molecule has 2 fully saturated rings. The van der Waals surface area contributed by atoms with Gasteiger partial charge in [-0.05, 0) is 69.9 Å². The smallest absolute Gasteiger partial charge is 0.0108 e. The summed E-state index contributed by atoms with van der Waals surface area (Å²) in [5.41, 5.74) is 0. The van der Waals surface area contributed by atoms with E-state index >= 15 is 0 Å². The van der Waals surface area contributed by atoms with E-state index in [1.54, 1.807) is 0 Å². The molecule has 0 aromatic heterocycles. The van der Waals surface area contributed by atoms with E-state index in [1.165, 1.54) is 45.2 Å². The van der Waals surface area contributed by atoms with Gasteiger partial charge in [0.15, 0.2) is 0 Å². The average molecular weight is 266 g/mol. The first-order valence-electron chi connectivity index (χ1n) is 8.59. The Hall–Kier alpha value is -0.0800. The molecule has 112 valence electrons. The standard InChI is InChI=1S/C17H34N2/c1-5-18-17-9-8-15(13(2)3)11-16(17)12-19-10-6-7-14(19)4/h13-18H,5-12H2,1-4H3. The lowest BCUT2D eigenvalue weighted by Crippen LogP contribution is -2.47. The van der Waals surface area contributed by atoms with Crippen LogP contribution in [-0.2, 0) is 0 Å². The van der Waals surface area contributed by atoms with Gasteiger partial charge in [-0.25, -0.2) is 0 Å². The van der Waals surface area contributed by atoms with Crippen LogP contribution in [0, 0.1) is 17.8 Å².